The summed E-state index contributed by atoms with van der Waals surface area (Å²) in [6.45, 7) is 7.41. The van der Waals surface area contributed by atoms with Crippen LogP contribution in [-0.4, -0.2) is 21.8 Å². The number of aromatic nitrogens is 2. The molecule has 1 N–H and O–H groups in total. The Kier molecular flexibility index (Phi) is 6.03. The van der Waals surface area contributed by atoms with Crippen LogP contribution in [-0.2, 0) is 4.79 Å². The fraction of sp³-hybridized carbons (Fsp3) is 0.227. The van der Waals surface area contributed by atoms with Gasteiger partial charge in [0, 0.05) is 22.8 Å². The number of aryl methyl sites for hydroxylation is 2. The van der Waals surface area contributed by atoms with Gasteiger partial charge >= 0.3 is 0 Å². The third kappa shape index (κ3) is 4.66. The fourth-order valence-corrected chi connectivity index (χ4v) is 2.96. The maximum atomic E-state index is 12.6. The van der Waals surface area contributed by atoms with Crippen molar-refractivity contribution in [2.24, 2.45) is 0 Å². The van der Waals surface area contributed by atoms with E-state index in [2.05, 4.69) is 10.4 Å². The average molecular weight is 412 g/mol. The van der Waals surface area contributed by atoms with Crippen LogP contribution in [0.3, 0.4) is 0 Å². The van der Waals surface area contributed by atoms with E-state index in [1.54, 1.807) is 25.1 Å². The fourth-order valence-electron chi connectivity index (χ4n) is 2.80. The quantitative estimate of drug-likeness (QED) is 0.682. The highest BCUT2D eigenvalue weighted by molar-refractivity contribution is 6.30. The molecule has 0 bridgehead atoms. The number of carbonyl (C=O) groups is 1. The Bertz CT molecular complexity index is 1120. The first-order valence-corrected chi connectivity index (χ1v) is 9.54. The molecule has 0 aliphatic rings. The van der Waals surface area contributed by atoms with E-state index >= 15 is 0 Å². The van der Waals surface area contributed by atoms with Crippen molar-refractivity contribution in [2.45, 2.75) is 33.8 Å². The molecule has 0 aliphatic heterocycles. The van der Waals surface area contributed by atoms with Crippen molar-refractivity contribution in [2.75, 3.05) is 5.32 Å². The molecule has 0 spiro atoms. The molecule has 1 aromatic heterocycles. The maximum Gasteiger partial charge on any atom is 0.271 e. The van der Waals surface area contributed by atoms with Gasteiger partial charge in [-0.25, -0.2) is 0 Å². The van der Waals surface area contributed by atoms with Crippen LogP contribution < -0.4 is 15.6 Å². The smallest absolute Gasteiger partial charge is 0.271 e. The topological polar surface area (TPSA) is 73.2 Å². The predicted molar refractivity (Wildman–Crippen MR) is 114 cm³/mol. The highest BCUT2D eigenvalue weighted by Gasteiger charge is 2.17. The summed E-state index contributed by atoms with van der Waals surface area (Å²) in [5.41, 5.74) is 3.88. The van der Waals surface area contributed by atoms with Gasteiger partial charge in [0.25, 0.3) is 11.5 Å². The monoisotopic (exact) mass is 411 g/mol. The van der Waals surface area contributed by atoms with Crippen LogP contribution in [0.25, 0.3) is 5.69 Å². The highest BCUT2D eigenvalue weighted by atomic mass is 35.5. The number of benzene rings is 2. The number of halogens is 1. The number of ether oxygens (including phenoxy) is 1. The molecule has 1 heterocycles. The highest BCUT2D eigenvalue weighted by Crippen LogP contribution is 2.20. The van der Waals surface area contributed by atoms with E-state index in [1.165, 1.54) is 16.8 Å². The van der Waals surface area contributed by atoms with E-state index in [9.17, 15) is 9.59 Å². The van der Waals surface area contributed by atoms with E-state index in [0.717, 1.165) is 22.4 Å². The molecule has 150 valence electrons. The summed E-state index contributed by atoms with van der Waals surface area (Å²) in [7, 11) is 0. The van der Waals surface area contributed by atoms with Gasteiger partial charge in [0.15, 0.2) is 6.10 Å². The normalized spacial score (nSPS) is 11.8. The predicted octanol–water partition coefficient (Wildman–Crippen LogP) is 4.22. The first-order valence-electron chi connectivity index (χ1n) is 9.17. The summed E-state index contributed by atoms with van der Waals surface area (Å²) in [6, 6.07) is 13.7. The van der Waals surface area contributed by atoms with Crippen LogP contribution in [0.5, 0.6) is 5.88 Å². The molecule has 0 aliphatic carbocycles. The van der Waals surface area contributed by atoms with Crippen molar-refractivity contribution in [3.63, 3.8) is 0 Å². The van der Waals surface area contributed by atoms with E-state index in [1.807, 2.05) is 39.0 Å². The minimum Gasteiger partial charge on any atom is -0.463 e. The molecule has 0 fully saturated rings. The van der Waals surface area contributed by atoms with Gasteiger partial charge in [-0.15, -0.1) is 5.10 Å². The molecule has 2 aromatic carbocycles. The van der Waals surface area contributed by atoms with Crippen molar-refractivity contribution < 1.29 is 9.53 Å². The van der Waals surface area contributed by atoms with Crippen LogP contribution in [0.1, 0.15) is 23.6 Å². The third-order valence-electron chi connectivity index (χ3n) is 4.70. The summed E-state index contributed by atoms with van der Waals surface area (Å²) in [6.07, 6.45) is -0.811. The summed E-state index contributed by atoms with van der Waals surface area (Å²) in [5.74, 6) is -0.148. The number of nitrogens with one attached hydrogen (secondary N) is 1. The number of amides is 1. The largest absolute Gasteiger partial charge is 0.463 e. The molecule has 3 aromatic rings. The van der Waals surface area contributed by atoms with E-state index in [0.29, 0.717) is 10.7 Å². The Morgan fingerprint density at radius 2 is 1.86 bits per heavy atom. The van der Waals surface area contributed by atoms with Crippen molar-refractivity contribution in [3.05, 3.63) is 80.6 Å². The molecule has 0 saturated heterocycles. The van der Waals surface area contributed by atoms with E-state index in [-0.39, 0.29) is 17.3 Å². The lowest BCUT2D eigenvalue weighted by atomic mass is 10.1. The van der Waals surface area contributed by atoms with Crippen LogP contribution in [0.15, 0.2) is 53.3 Å². The SMILES string of the molecule is Cc1ccc(Cl)cc1-n1nc(OC(C)C(=O)Nc2cccc(C)c2C)ccc1=O. The molecule has 3 rings (SSSR count). The second kappa shape index (κ2) is 8.49. The van der Waals surface area contributed by atoms with Gasteiger partial charge in [0.1, 0.15) is 0 Å². The Balaban J connectivity index is 1.81. The lowest BCUT2D eigenvalue weighted by Gasteiger charge is -2.16. The maximum absolute atomic E-state index is 12.6. The van der Waals surface area contributed by atoms with Crippen molar-refractivity contribution in [3.8, 4) is 11.6 Å². The number of hydrogen-bond acceptors (Lipinski definition) is 4. The Morgan fingerprint density at radius 1 is 1.10 bits per heavy atom. The molecule has 29 heavy (non-hydrogen) atoms. The Morgan fingerprint density at radius 3 is 2.62 bits per heavy atom. The Labute approximate surface area is 174 Å². The third-order valence-corrected chi connectivity index (χ3v) is 4.94. The zero-order valence-corrected chi connectivity index (χ0v) is 17.4. The first kappa shape index (κ1) is 20.6. The number of carbonyl (C=O) groups excluding carboxylic acids is 1. The van der Waals surface area contributed by atoms with Crippen molar-refractivity contribution in [1.82, 2.24) is 9.78 Å². The summed E-state index contributed by atoms with van der Waals surface area (Å²) >= 11 is 6.06. The van der Waals surface area contributed by atoms with E-state index in [4.69, 9.17) is 16.3 Å². The van der Waals surface area contributed by atoms with Crippen LogP contribution in [0, 0.1) is 20.8 Å². The molecule has 0 radical (unpaired) electrons. The number of nitrogens with zero attached hydrogens (tertiary/aromatic N) is 2. The van der Waals surface area contributed by atoms with Crippen LogP contribution in [0.2, 0.25) is 5.02 Å². The lowest BCUT2D eigenvalue weighted by molar-refractivity contribution is -0.122. The average Bonchev–Trinajstić information content (AvgIpc) is 2.69. The lowest BCUT2D eigenvalue weighted by Crippen LogP contribution is -2.31. The number of rotatable bonds is 5. The second-order valence-electron chi connectivity index (χ2n) is 6.85. The van der Waals surface area contributed by atoms with Gasteiger partial charge in [-0.3, -0.25) is 9.59 Å². The molecule has 7 heteroatoms. The number of hydrogen-bond donors (Lipinski definition) is 1. The molecule has 1 atom stereocenters. The minimum atomic E-state index is -0.811. The zero-order valence-electron chi connectivity index (χ0n) is 16.7. The molecule has 1 unspecified atom stereocenters. The second-order valence-corrected chi connectivity index (χ2v) is 7.29. The van der Waals surface area contributed by atoms with Gasteiger partial charge in [-0.1, -0.05) is 29.8 Å². The first-order chi connectivity index (χ1) is 13.8. The number of anilines is 1. The van der Waals surface area contributed by atoms with Gasteiger partial charge in [-0.2, -0.15) is 4.68 Å². The van der Waals surface area contributed by atoms with Crippen LogP contribution in [0.4, 0.5) is 5.69 Å². The van der Waals surface area contributed by atoms with E-state index < -0.39 is 6.10 Å². The van der Waals surface area contributed by atoms with Crippen LogP contribution >= 0.6 is 11.6 Å². The standard InChI is InChI=1S/C22H22ClN3O3/c1-13-6-5-7-18(15(13)3)24-22(28)16(4)29-20-10-11-21(27)26(25-20)19-12-17(23)9-8-14(19)2/h5-12,16H,1-4H3,(H,24,28). The molecular formula is C22H22ClN3O3. The van der Waals surface area contributed by atoms with Crippen molar-refractivity contribution in [1.29, 1.82) is 0 Å². The molecule has 0 saturated carbocycles. The van der Waals surface area contributed by atoms with Gasteiger partial charge in [0.05, 0.1) is 5.69 Å². The van der Waals surface area contributed by atoms with Gasteiger partial charge in [0.2, 0.25) is 5.88 Å². The summed E-state index contributed by atoms with van der Waals surface area (Å²) < 4.78 is 6.90. The zero-order chi connectivity index (χ0) is 21.1. The van der Waals surface area contributed by atoms with Gasteiger partial charge in [-0.05, 0) is 62.6 Å². The molecular weight excluding hydrogens is 390 g/mol. The minimum absolute atomic E-state index is 0.160. The molecule has 6 nitrogen and oxygen atoms in total. The summed E-state index contributed by atoms with van der Waals surface area (Å²) in [5, 5.41) is 7.61. The Hall–Kier alpha value is -3.12. The van der Waals surface area contributed by atoms with Crippen molar-refractivity contribution >= 4 is 23.2 Å². The molecule has 1 amide bonds. The summed E-state index contributed by atoms with van der Waals surface area (Å²) in [4.78, 5) is 24.8. The van der Waals surface area contributed by atoms with Gasteiger partial charge < -0.3 is 10.1 Å².